The molecule has 1 fully saturated rings. The second kappa shape index (κ2) is 4.96. The van der Waals surface area contributed by atoms with Crippen LogP contribution in [0.3, 0.4) is 0 Å². The van der Waals surface area contributed by atoms with E-state index in [1.165, 1.54) is 12.6 Å². The van der Waals surface area contributed by atoms with Crippen LogP contribution in [-0.4, -0.2) is 29.1 Å². The van der Waals surface area contributed by atoms with Gasteiger partial charge in [-0.2, -0.15) is 0 Å². The van der Waals surface area contributed by atoms with Crippen LogP contribution in [0.25, 0.3) is 0 Å². The van der Waals surface area contributed by atoms with Gasteiger partial charge in [0.15, 0.2) is 0 Å². The Labute approximate surface area is 108 Å². The monoisotopic (exact) mass is 248 g/mol. The molecule has 0 saturated carbocycles. The number of carboxylic acid groups (broad SMARTS) is 1. The van der Waals surface area contributed by atoms with Crippen LogP contribution >= 0.6 is 0 Å². The SMILES string of the molecule is Cc1cc(C(=O)O)cnc1N1CC(C)CC(C)C1. The van der Waals surface area contributed by atoms with Crippen molar-refractivity contribution >= 4 is 11.8 Å². The molecule has 4 heteroatoms. The molecule has 2 rings (SSSR count). The summed E-state index contributed by atoms with van der Waals surface area (Å²) in [5.41, 5.74) is 1.20. The first kappa shape index (κ1) is 12.9. The van der Waals surface area contributed by atoms with E-state index in [0.29, 0.717) is 11.8 Å². The first-order valence-corrected chi connectivity index (χ1v) is 6.42. The predicted octanol–water partition coefficient (Wildman–Crippen LogP) is 2.57. The molecule has 1 aliphatic heterocycles. The zero-order valence-electron chi connectivity index (χ0n) is 11.2. The third-order valence-electron chi connectivity index (χ3n) is 3.47. The van der Waals surface area contributed by atoms with Crippen LogP contribution in [0, 0.1) is 18.8 Å². The summed E-state index contributed by atoms with van der Waals surface area (Å²) < 4.78 is 0. The number of hydrogen-bond acceptors (Lipinski definition) is 3. The van der Waals surface area contributed by atoms with Gasteiger partial charge >= 0.3 is 5.97 Å². The van der Waals surface area contributed by atoms with Gasteiger partial charge in [0.05, 0.1) is 5.56 Å². The van der Waals surface area contributed by atoms with Gasteiger partial charge in [-0.3, -0.25) is 0 Å². The highest BCUT2D eigenvalue weighted by Gasteiger charge is 2.24. The van der Waals surface area contributed by atoms with E-state index in [1.807, 2.05) is 6.92 Å². The zero-order valence-corrected chi connectivity index (χ0v) is 11.2. The summed E-state index contributed by atoms with van der Waals surface area (Å²) in [7, 11) is 0. The molecule has 0 amide bonds. The summed E-state index contributed by atoms with van der Waals surface area (Å²) in [4.78, 5) is 17.5. The van der Waals surface area contributed by atoms with Gasteiger partial charge in [0.1, 0.15) is 5.82 Å². The van der Waals surface area contributed by atoms with Gasteiger partial charge in [-0.05, 0) is 36.8 Å². The van der Waals surface area contributed by atoms with Gasteiger partial charge in [-0.25, -0.2) is 9.78 Å². The number of aryl methyl sites for hydroxylation is 1. The molecule has 0 aromatic carbocycles. The number of rotatable bonds is 2. The normalized spacial score (nSPS) is 24.1. The number of piperidine rings is 1. The van der Waals surface area contributed by atoms with Crippen molar-refractivity contribution in [3.05, 3.63) is 23.4 Å². The number of aromatic carboxylic acids is 1. The van der Waals surface area contributed by atoms with Gasteiger partial charge in [0.25, 0.3) is 0 Å². The zero-order chi connectivity index (χ0) is 13.3. The van der Waals surface area contributed by atoms with E-state index in [1.54, 1.807) is 6.07 Å². The predicted molar refractivity (Wildman–Crippen MR) is 71.1 cm³/mol. The number of pyridine rings is 1. The molecule has 1 aromatic heterocycles. The maximum Gasteiger partial charge on any atom is 0.337 e. The van der Waals surface area contributed by atoms with E-state index >= 15 is 0 Å². The molecule has 2 atom stereocenters. The maximum atomic E-state index is 10.9. The summed E-state index contributed by atoms with van der Waals surface area (Å²) >= 11 is 0. The molecule has 2 unspecified atom stereocenters. The Bertz CT molecular complexity index is 449. The standard InChI is InChI=1S/C14H20N2O2/c1-9-4-10(2)8-16(7-9)13-11(3)5-12(6-15-13)14(17)18/h5-6,9-10H,4,7-8H2,1-3H3,(H,17,18). The number of carboxylic acids is 1. The molecule has 4 nitrogen and oxygen atoms in total. The third-order valence-corrected chi connectivity index (χ3v) is 3.47. The van der Waals surface area contributed by atoms with Crippen LogP contribution in [0.2, 0.25) is 0 Å². The molecular weight excluding hydrogens is 228 g/mol. The van der Waals surface area contributed by atoms with Crippen LogP contribution in [0.1, 0.15) is 36.2 Å². The highest BCUT2D eigenvalue weighted by Crippen LogP contribution is 2.27. The lowest BCUT2D eigenvalue weighted by Crippen LogP contribution is -2.39. The summed E-state index contributed by atoms with van der Waals surface area (Å²) in [5.74, 6) is 1.33. The second-order valence-electron chi connectivity index (χ2n) is 5.52. The highest BCUT2D eigenvalue weighted by molar-refractivity contribution is 5.87. The smallest absolute Gasteiger partial charge is 0.337 e. The van der Waals surface area contributed by atoms with E-state index in [2.05, 4.69) is 23.7 Å². The molecule has 1 aromatic rings. The summed E-state index contributed by atoms with van der Waals surface area (Å²) in [6.45, 7) is 8.45. The lowest BCUT2D eigenvalue weighted by molar-refractivity contribution is 0.0696. The van der Waals surface area contributed by atoms with Crippen LogP contribution < -0.4 is 4.90 Å². The Balaban J connectivity index is 2.25. The Kier molecular flexibility index (Phi) is 3.55. The van der Waals surface area contributed by atoms with Crippen molar-refractivity contribution in [3.63, 3.8) is 0 Å². The van der Waals surface area contributed by atoms with Gasteiger partial charge < -0.3 is 10.0 Å². The molecule has 1 saturated heterocycles. The molecule has 1 aliphatic rings. The Hall–Kier alpha value is -1.58. The third kappa shape index (κ3) is 2.63. The minimum atomic E-state index is -0.919. The van der Waals surface area contributed by atoms with Crippen LogP contribution in [0.15, 0.2) is 12.3 Å². The number of hydrogen-bond donors (Lipinski definition) is 1. The van der Waals surface area contributed by atoms with Crippen molar-refractivity contribution < 1.29 is 9.90 Å². The molecule has 18 heavy (non-hydrogen) atoms. The van der Waals surface area contributed by atoms with Crippen molar-refractivity contribution in [1.82, 2.24) is 4.98 Å². The second-order valence-corrected chi connectivity index (χ2v) is 5.52. The van der Waals surface area contributed by atoms with Gasteiger partial charge in [-0.15, -0.1) is 0 Å². The maximum absolute atomic E-state index is 10.9. The largest absolute Gasteiger partial charge is 0.478 e. The minimum Gasteiger partial charge on any atom is -0.478 e. The molecule has 0 bridgehead atoms. The fourth-order valence-corrected chi connectivity index (χ4v) is 2.85. The van der Waals surface area contributed by atoms with Crippen molar-refractivity contribution in [3.8, 4) is 0 Å². The van der Waals surface area contributed by atoms with Crippen molar-refractivity contribution in [2.24, 2.45) is 11.8 Å². The topological polar surface area (TPSA) is 53.4 Å². The first-order chi connectivity index (χ1) is 8.47. The van der Waals surface area contributed by atoms with E-state index < -0.39 is 5.97 Å². The average Bonchev–Trinajstić information content (AvgIpc) is 2.27. The van der Waals surface area contributed by atoms with E-state index in [4.69, 9.17) is 5.11 Å². The van der Waals surface area contributed by atoms with E-state index in [9.17, 15) is 4.79 Å². The van der Waals surface area contributed by atoms with E-state index in [0.717, 1.165) is 24.5 Å². The molecule has 98 valence electrons. The van der Waals surface area contributed by atoms with Crippen molar-refractivity contribution in [2.45, 2.75) is 27.2 Å². The Morgan fingerprint density at radius 3 is 2.50 bits per heavy atom. The lowest BCUT2D eigenvalue weighted by Gasteiger charge is -2.36. The fourth-order valence-electron chi connectivity index (χ4n) is 2.85. The van der Waals surface area contributed by atoms with Gasteiger partial charge in [-0.1, -0.05) is 13.8 Å². The number of nitrogens with zero attached hydrogens (tertiary/aromatic N) is 2. The summed E-state index contributed by atoms with van der Waals surface area (Å²) in [5, 5.41) is 8.94. The first-order valence-electron chi connectivity index (χ1n) is 6.42. The van der Waals surface area contributed by atoms with Gasteiger partial charge in [0.2, 0.25) is 0 Å². The van der Waals surface area contributed by atoms with Crippen molar-refractivity contribution in [1.29, 1.82) is 0 Å². The lowest BCUT2D eigenvalue weighted by atomic mass is 9.91. The highest BCUT2D eigenvalue weighted by atomic mass is 16.4. The quantitative estimate of drug-likeness (QED) is 0.874. The summed E-state index contributed by atoms with van der Waals surface area (Å²) in [6, 6.07) is 1.70. The number of anilines is 1. The van der Waals surface area contributed by atoms with E-state index in [-0.39, 0.29) is 5.56 Å². The Morgan fingerprint density at radius 1 is 1.39 bits per heavy atom. The molecular formula is C14H20N2O2. The molecule has 0 spiro atoms. The Morgan fingerprint density at radius 2 is 2.00 bits per heavy atom. The summed E-state index contributed by atoms with van der Waals surface area (Å²) in [6.07, 6.45) is 2.71. The molecule has 0 radical (unpaired) electrons. The number of carbonyl (C=O) groups is 1. The minimum absolute atomic E-state index is 0.259. The van der Waals surface area contributed by atoms with Crippen LogP contribution in [-0.2, 0) is 0 Å². The van der Waals surface area contributed by atoms with Gasteiger partial charge in [0, 0.05) is 19.3 Å². The number of aromatic nitrogens is 1. The average molecular weight is 248 g/mol. The molecule has 1 N–H and O–H groups in total. The fraction of sp³-hybridized carbons (Fsp3) is 0.571. The molecule has 0 aliphatic carbocycles. The van der Waals surface area contributed by atoms with Crippen LogP contribution in [0.5, 0.6) is 0 Å². The van der Waals surface area contributed by atoms with Crippen molar-refractivity contribution in [2.75, 3.05) is 18.0 Å². The van der Waals surface area contributed by atoms with Crippen LogP contribution in [0.4, 0.5) is 5.82 Å². The molecule has 2 heterocycles.